The molecule has 17 heavy (non-hydrogen) atoms. The van der Waals surface area contributed by atoms with Gasteiger partial charge in [0.25, 0.3) is 5.24 Å². The molecule has 0 aliphatic heterocycles. The van der Waals surface area contributed by atoms with Crippen LogP contribution in [-0.4, -0.2) is 26.4 Å². The van der Waals surface area contributed by atoms with Crippen molar-refractivity contribution in [2.24, 2.45) is 5.16 Å². The minimum atomic E-state index is -0.749. The van der Waals surface area contributed by atoms with Crippen LogP contribution in [0, 0.1) is 0 Å². The van der Waals surface area contributed by atoms with Gasteiger partial charge in [-0.1, -0.05) is 5.16 Å². The molecule has 8 heteroatoms. The Morgan fingerprint density at radius 3 is 2.76 bits per heavy atom. The van der Waals surface area contributed by atoms with E-state index in [4.69, 9.17) is 22.2 Å². The molecule has 0 aromatic carbocycles. The molecule has 2 rings (SSSR count). The van der Waals surface area contributed by atoms with Crippen molar-refractivity contribution in [3.63, 3.8) is 0 Å². The van der Waals surface area contributed by atoms with E-state index in [9.17, 15) is 4.79 Å². The second-order valence-electron chi connectivity index (χ2n) is 3.68. The fourth-order valence-corrected chi connectivity index (χ4v) is 2.17. The zero-order valence-electron chi connectivity index (χ0n) is 8.93. The van der Waals surface area contributed by atoms with Crippen LogP contribution in [0.2, 0.25) is 0 Å². The lowest BCUT2D eigenvalue weighted by atomic mass is 10.3. The lowest BCUT2D eigenvalue weighted by Crippen LogP contribution is -2.14. The average molecular weight is 275 g/mol. The predicted molar refractivity (Wildman–Crippen MR) is 65.1 cm³/mol. The van der Waals surface area contributed by atoms with Crippen molar-refractivity contribution < 1.29 is 9.63 Å². The van der Waals surface area contributed by atoms with E-state index in [0.717, 1.165) is 37.2 Å². The van der Waals surface area contributed by atoms with Gasteiger partial charge in [0.2, 0.25) is 11.5 Å². The molecule has 1 fully saturated rings. The maximum Gasteiger partial charge on any atom is 0.278 e. The smallest absolute Gasteiger partial charge is 0.278 e. The summed E-state index contributed by atoms with van der Waals surface area (Å²) in [5, 5.41) is 3.26. The monoisotopic (exact) mass is 274 g/mol. The summed E-state index contributed by atoms with van der Waals surface area (Å²) >= 11 is 6.38. The van der Waals surface area contributed by atoms with Crippen LogP contribution in [0.3, 0.4) is 0 Å². The molecule has 1 heterocycles. The molecule has 0 bridgehead atoms. The van der Waals surface area contributed by atoms with E-state index in [2.05, 4.69) is 14.5 Å². The lowest BCUT2D eigenvalue weighted by molar-refractivity contribution is -0.106. The van der Waals surface area contributed by atoms with Crippen LogP contribution in [-0.2, 0) is 9.63 Å². The minimum absolute atomic E-state index is 0.0528. The number of halogens is 1. The Hall–Kier alpha value is -1.21. The first-order valence-corrected chi connectivity index (χ1v) is 6.35. The first-order chi connectivity index (χ1) is 8.16. The number of carbonyl (C=O) groups is 1. The van der Waals surface area contributed by atoms with Crippen LogP contribution in [0.1, 0.15) is 31.5 Å². The highest BCUT2D eigenvalue weighted by atomic mass is 35.5. The number of nitrogens with zero attached hydrogens (tertiary/aromatic N) is 3. The summed E-state index contributed by atoms with van der Waals surface area (Å²) in [7, 11) is 0. The molecule has 2 N–H and O–H groups in total. The highest BCUT2D eigenvalue weighted by molar-refractivity contribution is 7.09. The highest BCUT2D eigenvalue weighted by Crippen LogP contribution is 2.21. The van der Waals surface area contributed by atoms with E-state index in [1.165, 1.54) is 0 Å². The summed E-state index contributed by atoms with van der Waals surface area (Å²) in [6.07, 6.45) is 4.18. The largest absolute Gasteiger partial charge is 0.392 e. The second-order valence-corrected chi connectivity index (χ2v) is 4.81. The first-order valence-electron chi connectivity index (χ1n) is 5.20. The third kappa shape index (κ3) is 3.13. The van der Waals surface area contributed by atoms with Crippen LogP contribution in [0.5, 0.6) is 0 Å². The molecule has 0 radical (unpaired) electrons. The van der Waals surface area contributed by atoms with Crippen molar-refractivity contribution in [2.75, 3.05) is 5.73 Å². The Bertz CT molecular complexity index is 442. The van der Waals surface area contributed by atoms with Gasteiger partial charge in [-0.25, -0.2) is 0 Å². The Kier molecular flexibility index (Phi) is 3.90. The Morgan fingerprint density at radius 2 is 2.24 bits per heavy atom. The van der Waals surface area contributed by atoms with E-state index < -0.39 is 5.24 Å². The summed E-state index contributed by atoms with van der Waals surface area (Å²) in [5.41, 5.74) is 5.34. The molecule has 1 aliphatic carbocycles. The number of rotatable bonds is 4. The van der Waals surface area contributed by atoms with E-state index in [1.54, 1.807) is 0 Å². The zero-order valence-corrected chi connectivity index (χ0v) is 10.5. The zero-order chi connectivity index (χ0) is 12.3. The Balaban J connectivity index is 2.11. The van der Waals surface area contributed by atoms with Crippen LogP contribution in [0.25, 0.3) is 0 Å². The Labute approximate surface area is 107 Å². The standard InChI is InChI=1S/C9H11ClN4O2S/c10-7(15)6(8-12-9(11)17-14-8)13-16-5-3-1-2-4-5/h5H,1-4H2,(H2,11,12,14)/b13-6-. The van der Waals surface area contributed by atoms with E-state index in [1.807, 2.05) is 0 Å². The summed E-state index contributed by atoms with van der Waals surface area (Å²) in [4.78, 5) is 20.3. The van der Waals surface area contributed by atoms with Gasteiger partial charge in [-0.2, -0.15) is 9.36 Å². The summed E-state index contributed by atoms with van der Waals surface area (Å²) in [6, 6.07) is 0. The van der Waals surface area contributed by atoms with Crippen LogP contribution < -0.4 is 5.73 Å². The van der Waals surface area contributed by atoms with Gasteiger partial charge in [0.15, 0.2) is 5.13 Å². The number of carbonyl (C=O) groups excluding carboxylic acids is 1. The average Bonchev–Trinajstić information content (AvgIpc) is 2.90. The number of anilines is 1. The minimum Gasteiger partial charge on any atom is -0.392 e. The third-order valence-electron chi connectivity index (χ3n) is 2.43. The molecule has 0 saturated heterocycles. The SMILES string of the molecule is Nc1nc(/C(=N\OC2CCCC2)C(=O)Cl)ns1. The molecular formula is C9H11ClN4O2S. The fraction of sp³-hybridized carbons (Fsp3) is 0.556. The van der Waals surface area contributed by atoms with Crippen molar-refractivity contribution in [3.05, 3.63) is 5.82 Å². The molecule has 6 nitrogen and oxygen atoms in total. The number of aromatic nitrogens is 2. The number of nitrogen functional groups attached to an aromatic ring is 1. The van der Waals surface area contributed by atoms with Crippen molar-refractivity contribution >= 4 is 39.2 Å². The summed E-state index contributed by atoms with van der Waals surface area (Å²) in [5.74, 6) is 0.116. The van der Waals surface area contributed by atoms with Gasteiger partial charge in [-0.05, 0) is 37.3 Å². The molecule has 0 amide bonds. The summed E-state index contributed by atoms with van der Waals surface area (Å²) in [6.45, 7) is 0. The maximum atomic E-state index is 11.2. The van der Waals surface area contributed by atoms with Gasteiger partial charge in [0.05, 0.1) is 0 Å². The van der Waals surface area contributed by atoms with Crippen molar-refractivity contribution in [1.29, 1.82) is 0 Å². The normalized spacial score (nSPS) is 17.4. The first kappa shape index (κ1) is 12.3. The molecule has 1 aliphatic rings. The summed E-state index contributed by atoms with van der Waals surface area (Å²) < 4.78 is 3.87. The highest BCUT2D eigenvalue weighted by Gasteiger charge is 2.21. The fourth-order valence-electron chi connectivity index (χ4n) is 1.62. The lowest BCUT2D eigenvalue weighted by Gasteiger charge is -2.06. The van der Waals surface area contributed by atoms with Crippen molar-refractivity contribution in [3.8, 4) is 0 Å². The van der Waals surface area contributed by atoms with E-state index in [-0.39, 0.29) is 22.8 Å². The molecular weight excluding hydrogens is 264 g/mol. The topological polar surface area (TPSA) is 90.5 Å². The van der Waals surface area contributed by atoms with Crippen LogP contribution in [0.4, 0.5) is 5.13 Å². The van der Waals surface area contributed by atoms with Gasteiger partial charge < -0.3 is 10.6 Å². The molecule has 1 aromatic heterocycles. The van der Waals surface area contributed by atoms with Gasteiger partial charge in [-0.15, -0.1) is 0 Å². The second kappa shape index (κ2) is 5.42. The molecule has 0 unspecified atom stereocenters. The van der Waals surface area contributed by atoms with Gasteiger partial charge in [0, 0.05) is 11.5 Å². The Morgan fingerprint density at radius 1 is 1.53 bits per heavy atom. The van der Waals surface area contributed by atoms with Crippen LogP contribution in [0.15, 0.2) is 5.16 Å². The van der Waals surface area contributed by atoms with E-state index >= 15 is 0 Å². The van der Waals surface area contributed by atoms with Crippen molar-refractivity contribution in [1.82, 2.24) is 9.36 Å². The third-order valence-corrected chi connectivity index (χ3v) is 3.16. The van der Waals surface area contributed by atoms with Gasteiger partial charge >= 0.3 is 0 Å². The predicted octanol–water partition coefficient (Wildman–Crippen LogP) is 1.55. The number of hydrogen-bond donors (Lipinski definition) is 1. The van der Waals surface area contributed by atoms with Crippen molar-refractivity contribution in [2.45, 2.75) is 31.8 Å². The molecule has 0 atom stereocenters. The molecule has 1 aromatic rings. The van der Waals surface area contributed by atoms with E-state index in [0.29, 0.717) is 0 Å². The van der Waals surface area contributed by atoms with Gasteiger partial charge in [0.1, 0.15) is 6.10 Å². The van der Waals surface area contributed by atoms with Gasteiger partial charge in [-0.3, -0.25) is 4.79 Å². The maximum absolute atomic E-state index is 11.2. The molecule has 0 spiro atoms. The number of hydrogen-bond acceptors (Lipinski definition) is 7. The molecule has 1 saturated carbocycles. The number of oxime groups is 1. The number of nitrogens with two attached hydrogens (primary N) is 1. The quantitative estimate of drug-likeness (QED) is 0.511. The van der Waals surface area contributed by atoms with Crippen LogP contribution >= 0.6 is 23.1 Å². The molecule has 92 valence electrons.